The molecule has 0 aliphatic heterocycles. The van der Waals surface area contributed by atoms with Crippen LogP contribution in [0.1, 0.15) is 31.4 Å². The fourth-order valence-electron chi connectivity index (χ4n) is 3.11. The van der Waals surface area contributed by atoms with Gasteiger partial charge in [-0.3, -0.25) is 14.1 Å². The minimum absolute atomic E-state index is 0.0188. The summed E-state index contributed by atoms with van der Waals surface area (Å²) in [4.78, 5) is 19.0. The fraction of sp³-hybridized carbons (Fsp3) is 0.500. The van der Waals surface area contributed by atoms with Crippen LogP contribution in [0.2, 0.25) is 0 Å². The molecule has 1 saturated carbocycles. The topological polar surface area (TPSA) is 63.6 Å². The van der Waals surface area contributed by atoms with Crippen molar-refractivity contribution in [2.24, 2.45) is 5.73 Å². The lowest BCUT2D eigenvalue weighted by molar-refractivity contribution is 0.174. The number of nitrogens with zero attached hydrogens (tertiary/aromatic N) is 3. The maximum Gasteiger partial charge on any atom is 0.258 e. The molecule has 5 nitrogen and oxygen atoms in total. The molecule has 2 aromatic rings. The average Bonchev–Trinajstić information content (AvgIpc) is 2.48. The van der Waals surface area contributed by atoms with Crippen LogP contribution in [0.5, 0.6) is 0 Å². The fourth-order valence-corrected chi connectivity index (χ4v) is 3.11. The van der Waals surface area contributed by atoms with Gasteiger partial charge in [-0.05, 0) is 44.9 Å². The Balaban J connectivity index is 1.77. The second-order valence-electron chi connectivity index (χ2n) is 6.00. The van der Waals surface area contributed by atoms with Gasteiger partial charge in [0.2, 0.25) is 0 Å². The molecule has 0 unspecified atom stereocenters. The van der Waals surface area contributed by atoms with E-state index in [-0.39, 0.29) is 5.56 Å². The van der Waals surface area contributed by atoms with Gasteiger partial charge >= 0.3 is 0 Å². The standard InChI is InChI=1S/C16H22N4O/c1-19(14-7-5-12(17)6-8-14)11-13-10-16(21)20-9-3-2-4-15(20)18-13/h2-4,9-10,12,14H,5-8,11,17H2,1H3. The molecule has 0 atom stereocenters. The third kappa shape index (κ3) is 3.14. The van der Waals surface area contributed by atoms with Gasteiger partial charge in [-0.25, -0.2) is 4.98 Å². The Morgan fingerprint density at radius 2 is 2.10 bits per heavy atom. The van der Waals surface area contributed by atoms with Crippen LogP contribution in [0, 0.1) is 0 Å². The van der Waals surface area contributed by atoms with E-state index in [1.165, 1.54) is 0 Å². The van der Waals surface area contributed by atoms with Crippen LogP contribution >= 0.6 is 0 Å². The molecule has 2 aromatic heterocycles. The van der Waals surface area contributed by atoms with E-state index in [2.05, 4.69) is 16.9 Å². The van der Waals surface area contributed by atoms with Gasteiger partial charge in [0.1, 0.15) is 5.65 Å². The first-order valence-corrected chi connectivity index (χ1v) is 7.56. The molecule has 0 amide bonds. The highest BCUT2D eigenvalue weighted by Gasteiger charge is 2.22. The first-order chi connectivity index (χ1) is 10.1. The molecule has 2 heterocycles. The SMILES string of the molecule is CN(Cc1cc(=O)n2ccccc2n1)C1CCC(N)CC1. The van der Waals surface area contributed by atoms with Crippen molar-refractivity contribution >= 4 is 5.65 Å². The van der Waals surface area contributed by atoms with Crippen molar-refractivity contribution in [2.75, 3.05) is 7.05 Å². The van der Waals surface area contributed by atoms with Gasteiger partial charge in [-0.1, -0.05) is 6.07 Å². The summed E-state index contributed by atoms with van der Waals surface area (Å²) in [5.74, 6) is 0. The second kappa shape index (κ2) is 5.95. The van der Waals surface area contributed by atoms with Crippen molar-refractivity contribution in [3.05, 3.63) is 46.5 Å². The Labute approximate surface area is 124 Å². The summed E-state index contributed by atoms with van der Waals surface area (Å²) >= 11 is 0. The molecule has 0 spiro atoms. The van der Waals surface area contributed by atoms with Crippen LogP contribution < -0.4 is 11.3 Å². The lowest BCUT2D eigenvalue weighted by Crippen LogP contribution is -2.38. The number of pyridine rings is 1. The third-order valence-corrected chi connectivity index (χ3v) is 4.40. The van der Waals surface area contributed by atoms with Gasteiger partial charge in [-0.2, -0.15) is 0 Å². The first-order valence-electron chi connectivity index (χ1n) is 7.56. The normalized spacial score (nSPS) is 22.8. The zero-order valence-corrected chi connectivity index (χ0v) is 12.4. The van der Waals surface area contributed by atoms with Crippen molar-refractivity contribution < 1.29 is 0 Å². The highest BCUT2D eigenvalue weighted by atomic mass is 16.1. The molecule has 0 bridgehead atoms. The van der Waals surface area contributed by atoms with Crippen molar-refractivity contribution in [3.8, 4) is 0 Å². The van der Waals surface area contributed by atoms with Crippen molar-refractivity contribution in [2.45, 2.75) is 44.3 Å². The van der Waals surface area contributed by atoms with Crippen LogP contribution in [0.25, 0.3) is 5.65 Å². The predicted octanol–water partition coefficient (Wildman–Crippen LogP) is 1.40. The summed E-state index contributed by atoms with van der Waals surface area (Å²) in [6.07, 6.45) is 6.18. The minimum atomic E-state index is -0.0188. The van der Waals surface area contributed by atoms with Gasteiger partial charge in [0, 0.05) is 30.9 Å². The van der Waals surface area contributed by atoms with E-state index in [1.807, 2.05) is 18.2 Å². The van der Waals surface area contributed by atoms with Crippen molar-refractivity contribution in [1.29, 1.82) is 0 Å². The summed E-state index contributed by atoms with van der Waals surface area (Å²) in [6, 6.07) is 8.15. The smallest absolute Gasteiger partial charge is 0.258 e. The summed E-state index contributed by atoms with van der Waals surface area (Å²) < 4.78 is 1.57. The van der Waals surface area contributed by atoms with E-state index in [4.69, 9.17) is 5.73 Å². The highest BCUT2D eigenvalue weighted by molar-refractivity contribution is 5.37. The Morgan fingerprint density at radius 1 is 1.33 bits per heavy atom. The molecular formula is C16H22N4O. The summed E-state index contributed by atoms with van der Waals surface area (Å²) in [7, 11) is 2.11. The van der Waals surface area contributed by atoms with E-state index in [0.717, 1.165) is 31.4 Å². The molecule has 5 heteroatoms. The number of hydrogen-bond donors (Lipinski definition) is 1. The maximum atomic E-state index is 12.1. The zero-order valence-electron chi connectivity index (χ0n) is 12.4. The summed E-state index contributed by atoms with van der Waals surface area (Å²) in [6.45, 7) is 0.709. The number of aromatic nitrogens is 2. The number of rotatable bonds is 3. The summed E-state index contributed by atoms with van der Waals surface area (Å²) in [5.41, 5.74) is 7.48. The Hall–Kier alpha value is -1.72. The summed E-state index contributed by atoms with van der Waals surface area (Å²) in [5, 5.41) is 0. The largest absolute Gasteiger partial charge is 0.328 e. The number of fused-ring (bicyclic) bond motifs is 1. The third-order valence-electron chi connectivity index (χ3n) is 4.40. The molecule has 21 heavy (non-hydrogen) atoms. The van der Waals surface area contributed by atoms with Gasteiger partial charge in [0.25, 0.3) is 5.56 Å². The zero-order chi connectivity index (χ0) is 14.8. The molecule has 1 aliphatic carbocycles. The highest BCUT2D eigenvalue weighted by Crippen LogP contribution is 2.22. The molecule has 1 fully saturated rings. The minimum Gasteiger partial charge on any atom is -0.328 e. The van der Waals surface area contributed by atoms with E-state index < -0.39 is 0 Å². The number of hydrogen-bond acceptors (Lipinski definition) is 4. The molecule has 1 aliphatic rings. The quantitative estimate of drug-likeness (QED) is 0.926. The van der Waals surface area contributed by atoms with Crippen LogP contribution in [-0.4, -0.2) is 33.4 Å². The van der Waals surface area contributed by atoms with Crippen molar-refractivity contribution in [1.82, 2.24) is 14.3 Å². The monoisotopic (exact) mass is 286 g/mol. The van der Waals surface area contributed by atoms with Crippen LogP contribution in [0.4, 0.5) is 0 Å². The van der Waals surface area contributed by atoms with Crippen LogP contribution in [-0.2, 0) is 6.54 Å². The second-order valence-corrected chi connectivity index (χ2v) is 6.00. The van der Waals surface area contributed by atoms with Gasteiger partial charge in [0.05, 0.1) is 5.69 Å². The van der Waals surface area contributed by atoms with Gasteiger partial charge < -0.3 is 5.73 Å². The molecule has 112 valence electrons. The molecule has 0 radical (unpaired) electrons. The Kier molecular flexibility index (Phi) is 4.03. The maximum absolute atomic E-state index is 12.1. The molecule has 2 N–H and O–H groups in total. The Bertz CT molecular complexity index is 673. The van der Waals surface area contributed by atoms with Gasteiger partial charge in [0.15, 0.2) is 0 Å². The average molecular weight is 286 g/mol. The Morgan fingerprint density at radius 3 is 2.86 bits per heavy atom. The number of nitrogens with two attached hydrogens (primary N) is 1. The van der Waals surface area contributed by atoms with Crippen molar-refractivity contribution in [3.63, 3.8) is 0 Å². The molecular weight excluding hydrogens is 264 g/mol. The predicted molar refractivity (Wildman–Crippen MR) is 83.2 cm³/mol. The van der Waals surface area contributed by atoms with Crippen LogP contribution in [0.15, 0.2) is 35.3 Å². The molecule has 0 saturated heterocycles. The van der Waals surface area contributed by atoms with E-state index >= 15 is 0 Å². The first kappa shape index (κ1) is 14.2. The van der Waals surface area contributed by atoms with Crippen LogP contribution in [0.3, 0.4) is 0 Å². The lowest BCUT2D eigenvalue weighted by Gasteiger charge is -2.33. The molecule has 3 rings (SSSR count). The molecule has 0 aromatic carbocycles. The van der Waals surface area contributed by atoms with Gasteiger partial charge in [-0.15, -0.1) is 0 Å². The van der Waals surface area contributed by atoms with E-state index in [1.54, 1.807) is 16.7 Å². The van der Waals surface area contributed by atoms with E-state index in [9.17, 15) is 4.79 Å². The van der Waals surface area contributed by atoms with E-state index in [0.29, 0.717) is 24.3 Å². The lowest BCUT2D eigenvalue weighted by atomic mass is 9.91.